The topological polar surface area (TPSA) is 52.6 Å². The summed E-state index contributed by atoms with van der Waals surface area (Å²) in [7, 11) is 0. The number of carbonyl (C=O) groups is 1. The van der Waals surface area contributed by atoms with Gasteiger partial charge in [-0.1, -0.05) is 66.7 Å². The Morgan fingerprint density at radius 2 is 1.49 bits per heavy atom. The van der Waals surface area contributed by atoms with Crippen LogP contribution in [0.3, 0.4) is 0 Å². The molecule has 1 aliphatic rings. The van der Waals surface area contributed by atoms with Gasteiger partial charge in [-0.2, -0.15) is 0 Å². The van der Waals surface area contributed by atoms with E-state index >= 15 is 0 Å². The third kappa shape index (κ3) is 6.97. The number of piperidine rings is 1. The van der Waals surface area contributed by atoms with Gasteiger partial charge in [0.1, 0.15) is 0 Å². The van der Waals surface area contributed by atoms with E-state index in [1.54, 1.807) is 0 Å². The number of likely N-dealkylation sites (tertiary alicyclic amines) is 1. The highest BCUT2D eigenvalue weighted by Gasteiger charge is 2.22. The van der Waals surface area contributed by atoms with Crippen molar-refractivity contribution in [3.8, 4) is 0 Å². The lowest BCUT2D eigenvalue weighted by Gasteiger charge is -2.34. The van der Waals surface area contributed by atoms with Gasteiger partial charge in [0.05, 0.1) is 0 Å². The second-order valence-electron chi connectivity index (χ2n) is 10.3. The summed E-state index contributed by atoms with van der Waals surface area (Å²) < 4.78 is 0. The molecule has 0 atom stereocenters. The zero-order valence-corrected chi connectivity index (χ0v) is 22.4. The maximum absolute atomic E-state index is 11.5. The molecular weight excluding hydrogens is 456 g/mol. The number of allylic oxidation sites excluding steroid dienone is 1. The van der Waals surface area contributed by atoms with Crippen LogP contribution in [0.5, 0.6) is 0 Å². The predicted octanol–water partition coefficient (Wildman–Crippen LogP) is 6.96. The summed E-state index contributed by atoms with van der Waals surface area (Å²) in [6.07, 6.45) is 3.89. The molecule has 0 bridgehead atoms. The standard InChI is InChI=1S/C33H40N2O2/c1-24(2)35-21-19-27(20-22-35)26-11-13-29(14-12-26)33(30-15-17-31(18-16-30)34-25(3)37)32(10-7-23-36)28-8-5-4-6-9-28/h4-6,8-9,11-18,24,27,36H,7,10,19-23H2,1-3H3,(H,34,37)/b33-32+. The monoisotopic (exact) mass is 496 g/mol. The number of aliphatic hydroxyl groups is 1. The number of anilines is 1. The number of aliphatic hydroxyl groups excluding tert-OH is 1. The number of carbonyl (C=O) groups excluding carboxylic acids is 1. The molecule has 1 heterocycles. The molecule has 37 heavy (non-hydrogen) atoms. The summed E-state index contributed by atoms with van der Waals surface area (Å²) in [6, 6.07) is 28.3. The van der Waals surface area contributed by atoms with Crippen molar-refractivity contribution in [3.05, 3.63) is 101 Å². The molecule has 4 heteroatoms. The van der Waals surface area contributed by atoms with Crippen LogP contribution in [0.4, 0.5) is 5.69 Å². The first-order valence-corrected chi connectivity index (χ1v) is 13.6. The highest BCUT2D eigenvalue weighted by Crippen LogP contribution is 2.37. The van der Waals surface area contributed by atoms with Gasteiger partial charge in [0, 0.05) is 25.3 Å². The number of nitrogens with zero attached hydrogens (tertiary/aromatic N) is 1. The van der Waals surface area contributed by atoms with Crippen molar-refractivity contribution in [2.45, 2.75) is 58.4 Å². The predicted molar refractivity (Wildman–Crippen MR) is 155 cm³/mol. The SMILES string of the molecule is CC(=O)Nc1ccc(/C(=C(\CCCO)c2ccccc2)c2ccc(C3CCN(C(C)C)CC3)cc2)cc1. The number of hydrogen-bond acceptors (Lipinski definition) is 3. The molecule has 3 aromatic carbocycles. The Balaban J connectivity index is 1.73. The van der Waals surface area contributed by atoms with Crippen molar-refractivity contribution < 1.29 is 9.90 Å². The molecule has 0 spiro atoms. The first-order valence-electron chi connectivity index (χ1n) is 13.6. The van der Waals surface area contributed by atoms with E-state index in [1.165, 1.54) is 47.6 Å². The van der Waals surface area contributed by atoms with Gasteiger partial charge in [-0.25, -0.2) is 0 Å². The lowest BCUT2D eigenvalue weighted by atomic mass is 9.84. The Morgan fingerprint density at radius 3 is 2.03 bits per heavy atom. The maximum atomic E-state index is 11.5. The minimum absolute atomic E-state index is 0.0775. The van der Waals surface area contributed by atoms with E-state index in [0.717, 1.165) is 30.8 Å². The number of hydrogen-bond donors (Lipinski definition) is 2. The van der Waals surface area contributed by atoms with E-state index in [9.17, 15) is 9.90 Å². The summed E-state index contributed by atoms with van der Waals surface area (Å²) in [5.74, 6) is 0.530. The van der Waals surface area contributed by atoms with Gasteiger partial charge in [0.15, 0.2) is 0 Å². The second kappa shape index (κ2) is 12.8. The van der Waals surface area contributed by atoms with Gasteiger partial charge in [-0.3, -0.25) is 4.79 Å². The number of nitrogens with one attached hydrogen (secondary N) is 1. The van der Waals surface area contributed by atoms with Gasteiger partial charge in [-0.15, -0.1) is 0 Å². The highest BCUT2D eigenvalue weighted by atomic mass is 16.2. The third-order valence-corrected chi connectivity index (χ3v) is 7.43. The van der Waals surface area contributed by atoms with E-state index in [4.69, 9.17) is 0 Å². The van der Waals surface area contributed by atoms with Crippen molar-refractivity contribution in [2.75, 3.05) is 25.0 Å². The maximum Gasteiger partial charge on any atom is 0.221 e. The van der Waals surface area contributed by atoms with Gasteiger partial charge < -0.3 is 15.3 Å². The van der Waals surface area contributed by atoms with Crippen molar-refractivity contribution in [1.82, 2.24) is 4.90 Å². The molecule has 0 saturated carbocycles. The normalized spacial score (nSPS) is 15.5. The van der Waals surface area contributed by atoms with E-state index in [0.29, 0.717) is 18.4 Å². The summed E-state index contributed by atoms with van der Waals surface area (Å²) in [6.45, 7) is 8.57. The molecule has 1 fully saturated rings. The van der Waals surface area contributed by atoms with Gasteiger partial charge >= 0.3 is 0 Å². The average molecular weight is 497 g/mol. The summed E-state index contributed by atoms with van der Waals surface area (Å²) in [4.78, 5) is 14.1. The fourth-order valence-corrected chi connectivity index (χ4v) is 5.42. The van der Waals surface area contributed by atoms with E-state index in [-0.39, 0.29) is 12.5 Å². The van der Waals surface area contributed by atoms with Crippen LogP contribution in [0.1, 0.15) is 74.6 Å². The lowest BCUT2D eigenvalue weighted by molar-refractivity contribution is -0.114. The number of benzene rings is 3. The first kappa shape index (κ1) is 26.8. The molecular formula is C33H40N2O2. The van der Waals surface area contributed by atoms with Crippen molar-refractivity contribution >= 4 is 22.7 Å². The molecule has 1 saturated heterocycles. The van der Waals surface area contributed by atoms with Crippen LogP contribution < -0.4 is 5.32 Å². The lowest BCUT2D eigenvalue weighted by Crippen LogP contribution is -2.37. The van der Waals surface area contributed by atoms with Gasteiger partial charge in [0.2, 0.25) is 5.91 Å². The van der Waals surface area contributed by atoms with Crippen LogP contribution in [0.25, 0.3) is 11.1 Å². The minimum Gasteiger partial charge on any atom is -0.396 e. The van der Waals surface area contributed by atoms with Crippen LogP contribution in [-0.2, 0) is 4.79 Å². The van der Waals surface area contributed by atoms with E-state index in [2.05, 4.69) is 84.7 Å². The summed E-state index contributed by atoms with van der Waals surface area (Å²) >= 11 is 0. The summed E-state index contributed by atoms with van der Waals surface area (Å²) in [5, 5.41) is 12.5. The smallest absolute Gasteiger partial charge is 0.221 e. The molecule has 0 aromatic heterocycles. The van der Waals surface area contributed by atoms with Crippen LogP contribution in [-0.4, -0.2) is 41.7 Å². The Labute approximate surface area is 222 Å². The number of rotatable bonds is 9. The fourth-order valence-electron chi connectivity index (χ4n) is 5.42. The molecule has 1 amide bonds. The van der Waals surface area contributed by atoms with Crippen molar-refractivity contribution in [1.29, 1.82) is 0 Å². The van der Waals surface area contributed by atoms with Crippen LogP contribution >= 0.6 is 0 Å². The third-order valence-electron chi connectivity index (χ3n) is 7.43. The highest BCUT2D eigenvalue weighted by molar-refractivity contribution is 5.99. The fraction of sp³-hybridized carbons (Fsp3) is 0.364. The van der Waals surface area contributed by atoms with Crippen molar-refractivity contribution in [2.24, 2.45) is 0 Å². The molecule has 0 aliphatic carbocycles. The molecule has 194 valence electrons. The quantitative estimate of drug-likeness (QED) is 0.315. The largest absolute Gasteiger partial charge is 0.396 e. The Kier molecular flexibility index (Phi) is 9.32. The Morgan fingerprint density at radius 1 is 0.892 bits per heavy atom. The summed E-state index contributed by atoms with van der Waals surface area (Å²) in [5.41, 5.74) is 8.05. The average Bonchev–Trinajstić information content (AvgIpc) is 2.92. The second-order valence-corrected chi connectivity index (χ2v) is 10.3. The molecule has 3 aromatic rings. The zero-order chi connectivity index (χ0) is 26.2. The van der Waals surface area contributed by atoms with Gasteiger partial charge in [-0.05, 0) is 104 Å². The first-order chi connectivity index (χ1) is 18.0. The number of amides is 1. The van der Waals surface area contributed by atoms with Crippen molar-refractivity contribution in [3.63, 3.8) is 0 Å². The van der Waals surface area contributed by atoms with Gasteiger partial charge in [0.25, 0.3) is 0 Å². The molecule has 0 unspecified atom stereocenters. The Hall–Kier alpha value is -3.21. The molecule has 0 radical (unpaired) electrons. The van der Waals surface area contributed by atoms with Crippen LogP contribution in [0, 0.1) is 0 Å². The zero-order valence-electron chi connectivity index (χ0n) is 22.4. The molecule has 4 nitrogen and oxygen atoms in total. The molecule has 2 N–H and O–H groups in total. The molecule has 1 aliphatic heterocycles. The van der Waals surface area contributed by atoms with Crippen LogP contribution in [0.2, 0.25) is 0 Å². The minimum atomic E-state index is -0.0775. The Bertz CT molecular complexity index is 1170. The van der Waals surface area contributed by atoms with E-state index < -0.39 is 0 Å². The molecule has 4 rings (SSSR count). The van der Waals surface area contributed by atoms with E-state index in [1.807, 2.05) is 18.2 Å². The van der Waals surface area contributed by atoms with Crippen LogP contribution in [0.15, 0.2) is 78.9 Å².